The van der Waals surface area contributed by atoms with E-state index in [9.17, 15) is 14.3 Å². The molecule has 1 aromatic heterocycles. The Balaban J connectivity index is 1.83. The largest absolute Gasteiger partial charge is 0.481 e. The minimum Gasteiger partial charge on any atom is -0.481 e. The molecule has 6 heteroatoms. The Kier molecular flexibility index (Phi) is 4.99. The maximum atomic E-state index is 13.3. The van der Waals surface area contributed by atoms with Crippen molar-refractivity contribution < 1.29 is 19.0 Å². The quantitative estimate of drug-likeness (QED) is 0.875. The predicted octanol–water partition coefficient (Wildman–Crippen LogP) is 2.78. The third-order valence-corrected chi connectivity index (χ3v) is 4.67. The van der Waals surface area contributed by atoms with Gasteiger partial charge in [0, 0.05) is 17.8 Å². The van der Waals surface area contributed by atoms with E-state index in [0.29, 0.717) is 29.8 Å². The molecule has 1 aromatic carbocycles. The minimum absolute atomic E-state index is 0.134. The van der Waals surface area contributed by atoms with Crippen LogP contribution in [0.4, 0.5) is 4.39 Å². The summed E-state index contributed by atoms with van der Waals surface area (Å²) in [5.41, 5.74) is 1.87. The van der Waals surface area contributed by atoms with Gasteiger partial charge >= 0.3 is 0 Å². The lowest BCUT2D eigenvalue weighted by Crippen LogP contribution is -2.41. The van der Waals surface area contributed by atoms with E-state index in [1.165, 1.54) is 18.2 Å². The molecule has 1 unspecified atom stereocenters. The van der Waals surface area contributed by atoms with Crippen LogP contribution in [0.3, 0.4) is 0 Å². The number of nitrogens with one attached hydrogen (secondary N) is 1. The summed E-state index contributed by atoms with van der Waals surface area (Å²) in [6, 6.07) is 7.44. The summed E-state index contributed by atoms with van der Waals surface area (Å²) in [7, 11) is 1.54. The van der Waals surface area contributed by atoms with Crippen molar-refractivity contribution in [3.63, 3.8) is 0 Å². The average Bonchev–Trinajstić information content (AvgIpc) is 2.57. The molecule has 1 aliphatic carbocycles. The van der Waals surface area contributed by atoms with Gasteiger partial charge in [0.2, 0.25) is 5.88 Å². The Morgan fingerprint density at radius 3 is 2.68 bits per heavy atom. The van der Waals surface area contributed by atoms with Crippen LogP contribution in [-0.4, -0.2) is 29.2 Å². The zero-order valence-electron chi connectivity index (χ0n) is 14.2. The summed E-state index contributed by atoms with van der Waals surface area (Å²) >= 11 is 0. The minimum atomic E-state index is -0.368. The zero-order valence-corrected chi connectivity index (χ0v) is 14.2. The van der Waals surface area contributed by atoms with Gasteiger partial charge in [0.15, 0.2) is 0 Å². The number of aliphatic hydroxyl groups excluding tert-OH is 1. The van der Waals surface area contributed by atoms with Crippen molar-refractivity contribution in [3.05, 3.63) is 59.0 Å². The molecule has 0 spiro atoms. The lowest BCUT2D eigenvalue weighted by Gasteiger charge is -2.38. The van der Waals surface area contributed by atoms with Crippen LogP contribution in [0, 0.1) is 18.7 Å². The van der Waals surface area contributed by atoms with Gasteiger partial charge in [-0.1, -0.05) is 6.07 Å². The number of nitrogens with zero attached hydrogens (tertiary/aromatic N) is 1. The Labute approximate surface area is 145 Å². The Hall–Kier alpha value is -2.47. The fraction of sp³-hybridized carbons (Fsp3) is 0.368. The molecule has 0 radical (unpaired) electrons. The number of aryl methyl sites for hydroxylation is 1. The standard InChI is InChI=1S/C19H21FN2O3/c1-11-7-14(20)4-5-16(11)19(24)22-18(13-8-15(23)9-13)12-3-6-17(25-2)21-10-12/h3-7,10,13,15,18,23H,8-9H2,1-2H3,(H,22,24). The molecule has 1 fully saturated rings. The molecule has 1 saturated carbocycles. The summed E-state index contributed by atoms with van der Waals surface area (Å²) in [6.45, 7) is 1.70. The molecule has 5 nitrogen and oxygen atoms in total. The maximum absolute atomic E-state index is 13.3. The van der Waals surface area contributed by atoms with Gasteiger partial charge in [-0.15, -0.1) is 0 Å². The van der Waals surface area contributed by atoms with Crippen LogP contribution in [0.25, 0.3) is 0 Å². The second kappa shape index (κ2) is 7.19. The van der Waals surface area contributed by atoms with Crippen LogP contribution in [0.15, 0.2) is 36.5 Å². The van der Waals surface area contributed by atoms with Gasteiger partial charge in [0.25, 0.3) is 5.91 Å². The molecule has 1 amide bonds. The number of carbonyl (C=O) groups is 1. The number of aromatic nitrogens is 1. The van der Waals surface area contributed by atoms with Crippen molar-refractivity contribution >= 4 is 5.91 Å². The number of hydrogen-bond acceptors (Lipinski definition) is 4. The number of ether oxygens (including phenoxy) is 1. The van der Waals surface area contributed by atoms with Crippen LogP contribution in [0.1, 0.15) is 40.4 Å². The number of pyridine rings is 1. The second-order valence-electron chi connectivity index (χ2n) is 6.43. The predicted molar refractivity (Wildman–Crippen MR) is 90.9 cm³/mol. The van der Waals surface area contributed by atoms with Crippen molar-refractivity contribution in [2.24, 2.45) is 5.92 Å². The molecule has 0 saturated heterocycles. The molecule has 2 aromatic rings. The van der Waals surface area contributed by atoms with E-state index < -0.39 is 0 Å². The van der Waals surface area contributed by atoms with Gasteiger partial charge in [-0.25, -0.2) is 9.37 Å². The molecule has 3 rings (SSSR count). The molecule has 0 aliphatic heterocycles. The van der Waals surface area contributed by atoms with Crippen LogP contribution in [-0.2, 0) is 0 Å². The number of benzene rings is 1. The highest BCUT2D eigenvalue weighted by atomic mass is 19.1. The Morgan fingerprint density at radius 2 is 2.12 bits per heavy atom. The van der Waals surface area contributed by atoms with Crippen molar-refractivity contribution in [3.8, 4) is 5.88 Å². The first-order valence-corrected chi connectivity index (χ1v) is 8.23. The highest BCUT2D eigenvalue weighted by Crippen LogP contribution is 2.38. The third kappa shape index (κ3) is 3.79. The normalized spacial score (nSPS) is 20.5. The monoisotopic (exact) mass is 344 g/mol. The van der Waals surface area contributed by atoms with Gasteiger partial charge in [-0.2, -0.15) is 0 Å². The van der Waals surface area contributed by atoms with Crippen molar-refractivity contribution in [2.45, 2.75) is 31.9 Å². The SMILES string of the molecule is COc1ccc(C(NC(=O)c2ccc(F)cc2C)C2CC(O)C2)cn1. The van der Waals surface area contributed by atoms with E-state index in [4.69, 9.17) is 4.74 Å². The highest BCUT2D eigenvalue weighted by Gasteiger charge is 2.36. The molecule has 132 valence electrons. The first-order valence-electron chi connectivity index (χ1n) is 8.23. The van der Waals surface area contributed by atoms with E-state index in [1.54, 1.807) is 26.3 Å². The smallest absolute Gasteiger partial charge is 0.252 e. The molecule has 2 N–H and O–H groups in total. The van der Waals surface area contributed by atoms with E-state index in [2.05, 4.69) is 10.3 Å². The summed E-state index contributed by atoms with van der Waals surface area (Å²) < 4.78 is 18.3. The van der Waals surface area contributed by atoms with Gasteiger partial charge in [-0.3, -0.25) is 4.79 Å². The van der Waals surface area contributed by atoms with E-state index >= 15 is 0 Å². The van der Waals surface area contributed by atoms with Crippen LogP contribution in [0.5, 0.6) is 5.88 Å². The lowest BCUT2D eigenvalue weighted by atomic mass is 9.75. The fourth-order valence-electron chi connectivity index (χ4n) is 3.17. The highest BCUT2D eigenvalue weighted by molar-refractivity contribution is 5.95. The third-order valence-electron chi connectivity index (χ3n) is 4.67. The maximum Gasteiger partial charge on any atom is 0.252 e. The number of halogens is 1. The molecule has 1 heterocycles. The summed E-state index contributed by atoms with van der Waals surface area (Å²) in [4.78, 5) is 16.9. The van der Waals surface area contributed by atoms with E-state index in [0.717, 1.165) is 5.56 Å². The molecular weight excluding hydrogens is 323 g/mol. The first kappa shape index (κ1) is 17.4. The first-order chi connectivity index (χ1) is 12.0. The van der Waals surface area contributed by atoms with Crippen molar-refractivity contribution in [2.75, 3.05) is 7.11 Å². The summed E-state index contributed by atoms with van der Waals surface area (Å²) in [5.74, 6) is -0.00136. The fourth-order valence-corrected chi connectivity index (χ4v) is 3.17. The number of methoxy groups -OCH3 is 1. The van der Waals surface area contributed by atoms with Crippen LogP contribution >= 0.6 is 0 Å². The number of carbonyl (C=O) groups excluding carboxylic acids is 1. The van der Waals surface area contributed by atoms with Crippen molar-refractivity contribution in [1.82, 2.24) is 10.3 Å². The summed E-state index contributed by atoms with van der Waals surface area (Å²) in [6.07, 6.45) is 2.59. The second-order valence-corrected chi connectivity index (χ2v) is 6.43. The van der Waals surface area contributed by atoms with Gasteiger partial charge in [0.05, 0.1) is 19.3 Å². The van der Waals surface area contributed by atoms with Crippen LogP contribution in [0.2, 0.25) is 0 Å². The Morgan fingerprint density at radius 1 is 1.36 bits per heavy atom. The number of hydrogen-bond donors (Lipinski definition) is 2. The van der Waals surface area contributed by atoms with Crippen molar-refractivity contribution in [1.29, 1.82) is 0 Å². The molecule has 1 aliphatic rings. The molecule has 0 bridgehead atoms. The van der Waals surface area contributed by atoms with Gasteiger partial charge < -0.3 is 15.2 Å². The van der Waals surface area contributed by atoms with Crippen LogP contribution < -0.4 is 10.1 Å². The number of aliphatic hydroxyl groups is 1. The number of rotatable bonds is 5. The molecule has 25 heavy (non-hydrogen) atoms. The summed E-state index contributed by atoms with van der Waals surface area (Å²) in [5, 5.41) is 12.6. The Bertz CT molecular complexity index is 758. The average molecular weight is 344 g/mol. The van der Waals surface area contributed by atoms with Gasteiger partial charge in [0.1, 0.15) is 5.82 Å². The molecule has 1 atom stereocenters. The van der Waals surface area contributed by atoms with E-state index in [1.807, 2.05) is 6.07 Å². The lowest BCUT2D eigenvalue weighted by molar-refractivity contribution is 0.0234. The zero-order chi connectivity index (χ0) is 18.0. The number of amides is 1. The van der Waals surface area contributed by atoms with E-state index in [-0.39, 0.29) is 29.8 Å². The van der Waals surface area contributed by atoms with Gasteiger partial charge in [-0.05, 0) is 55.0 Å². The molecular formula is C19H21FN2O3. The topological polar surface area (TPSA) is 71.5 Å².